The summed E-state index contributed by atoms with van der Waals surface area (Å²) in [7, 11) is 0. The number of aryl methyl sites for hydroxylation is 1. The lowest BCUT2D eigenvalue weighted by Gasteiger charge is -2.34. The van der Waals surface area contributed by atoms with Gasteiger partial charge in [0.25, 0.3) is 0 Å². The van der Waals surface area contributed by atoms with E-state index in [0.29, 0.717) is 17.6 Å². The Balaban J connectivity index is 2.11. The lowest BCUT2D eigenvalue weighted by Crippen LogP contribution is -2.34. The van der Waals surface area contributed by atoms with E-state index in [1.54, 1.807) is 6.08 Å². The topological polar surface area (TPSA) is 55.4 Å². The van der Waals surface area contributed by atoms with E-state index in [4.69, 9.17) is 4.74 Å². The Kier molecular flexibility index (Phi) is 4.88. The van der Waals surface area contributed by atoms with Crippen LogP contribution in [0, 0.1) is 6.92 Å². The first-order valence-corrected chi connectivity index (χ1v) is 8.61. The van der Waals surface area contributed by atoms with Gasteiger partial charge in [-0.25, -0.2) is 4.79 Å². The second kappa shape index (κ2) is 7.09. The lowest BCUT2D eigenvalue weighted by molar-refractivity contribution is -0.138. The van der Waals surface area contributed by atoms with Gasteiger partial charge < -0.3 is 10.1 Å². The standard InChI is InChI=1S/C21H23NO3/c1-4-12-25-21(24)18-14(3)22-16-6-5-7-17(23)20(16)19(18)15-10-8-13(2)9-11-15/h4,8-11,19,22H,1,5-7,12H2,2-3H3/t19-/m1/s1. The van der Waals surface area contributed by atoms with Crippen LogP contribution < -0.4 is 5.32 Å². The fourth-order valence-corrected chi connectivity index (χ4v) is 3.56. The summed E-state index contributed by atoms with van der Waals surface area (Å²) in [5.41, 5.74) is 5.01. The van der Waals surface area contributed by atoms with Crippen LogP contribution in [0.3, 0.4) is 0 Å². The molecule has 1 aromatic rings. The van der Waals surface area contributed by atoms with E-state index >= 15 is 0 Å². The third-order valence-corrected chi connectivity index (χ3v) is 4.74. The number of benzene rings is 1. The minimum atomic E-state index is -0.402. The van der Waals surface area contributed by atoms with Crippen molar-refractivity contribution in [1.82, 2.24) is 5.32 Å². The Morgan fingerprint density at radius 2 is 2.00 bits per heavy atom. The van der Waals surface area contributed by atoms with E-state index < -0.39 is 5.97 Å². The van der Waals surface area contributed by atoms with Crippen molar-refractivity contribution in [3.8, 4) is 0 Å². The van der Waals surface area contributed by atoms with Crippen molar-refractivity contribution in [3.63, 3.8) is 0 Å². The molecule has 0 aromatic heterocycles. The lowest BCUT2D eigenvalue weighted by atomic mass is 9.75. The highest BCUT2D eigenvalue weighted by atomic mass is 16.5. The molecule has 0 amide bonds. The number of hydrogen-bond donors (Lipinski definition) is 1. The van der Waals surface area contributed by atoms with E-state index in [1.165, 1.54) is 0 Å². The van der Waals surface area contributed by atoms with Crippen molar-refractivity contribution in [1.29, 1.82) is 0 Å². The maximum absolute atomic E-state index is 12.7. The van der Waals surface area contributed by atoms with Gasteiger partial charge in [-0.2, -0.15) is 0 Å². The quantitative estimate of drug-likeness (QED) is 0.672. The zero-order valence-corrected chi connectivity index (χ0v) is 14.7. The molecule has 4 nitrogen and oxygen atoms in total. The predicted molar refractivity (Wildman–Crippen MR) is 96.8 cm³/mol. The number of rotatable bonds is 4. The molecule has 4 heteroatoms. The first kappa shape index (κ1) is 17.2. The molecule has 1 heterocycles. The first-order chi connectivity index (χ1) is 12.0. The van der Waals surface area contributed by atoms with Gasteiger partial charge in [0, 0.05) is 29.3 Å². The normalized spacial score (nSPS) is 20.1. The minimum Gasteiger partial charge on any atom is -0.458 e. The third-order valence-electron chi connectivity index (χ3n) is 4.74. The molecule has 1 aromatic carbocycles. The van der Waals surface area contributed by atoms with Crippen molar-refractivity contribution < 1.29 is 14.3 Å². The predicted octanol–water partition coefficient (Wildman–Crippen LogP) is 3.69. The number of ketones is 1. The van der Waals surface area contributed by atoms with E-state index in [-0.39, 0.29) is 18.3 Å². The number of esters is 1. The molecule has 0 spiro atoms. The summed E-state index contributed by atoms with van der Waals surface area (Å²) in [5.74, 6) is -0.664. The Labute approximate surface area is 148 Å². The first-order valence-electron chi connectivity index (χ1n) is 8.61. The molecule has 0 saturated carbocycles. The molecule has 1 atom stereocenters. The average Bonchev–Trinajstić information content (AvgIpc) is 2.59. The van der Waals surface area contributed by atoms with E-state index in [9.17, 15) is 9.59 Å². The minimum absolute atomic E-state index is 0.112. The molecule has 1 aliphatic carbocycles. The summed E-state index contributed by atoms with van der Waals surface area (Å²) >= 11 is 0. The fourth-order valence-electron chi connectivity index (χ4n) is 3.56. The summed E-state index contributed by atoms with van der Waals surface area (Å²) in [4.78, 5) is 25.4. The van der Waals surface area contributed by atoms with Gasteiger partial charge in [0.05, 0.1) is 5.57 Å². The highest BCUT2D eigenvalue weighted by Gasteiger charge is 2.38. The summed E-state index contributed by atoms with van der Waals surface area (Å²) in [5, 5.41) is 3.28. The Morgan fingerprint density at radius 3 is 2.68 bits per heavy atom. The summed E-state index contributed by atoms with van der Waals surface area (Å²) in [6.45, 7) is 7.62. The van der Waals surface area contributed by atoms with Gasteiger partial charge in [0.1, 0.15) is 6.61 Å². The summed E-state index contributed by atoms with van der Waals surface area (Å²) in [6, 6.07) is 8.00. The van der Waals surface area contributed by atoms with Crippen molar-refractivity contribution in [2.75, 3.05) is 6.61 Å². The van der Waals surface area contributed by atoms with Crippen molar-refractivity contribution in [3.05, 3.63) is 70.6 Å². The number of carbonyl (C=O) groups is 2. The number of hydrogen-bond acceptors (Lipinski definition) is 4. The molecule has 1 aliphatic heterocycles. The fraction of sp³-hybridized carbons (Fsp3) is 0.333. The zero-order chi connectivity index (χ0) is 18.0. The average molecular weight is 337 g/mol. The molecule has 0 unspecified atom stereocenters. The van der Waals surface area contributed by atoms with Gasteiger partial charge in [-0.1, -0.05) is 42.5 Å². The second-order valence-electron chi connectivity index (χ2n) is 6.56. The summed E-state index contributed by atoms with van der Waals surface area (Å²) < 4.78 is 5.30. The monoisotopic (exact) mass is 337 g/mol. The zero-order valence-electron chi connectivity index (χ0n) is 14.7. The molecule has 25 heavy (non-hydrogen) atoms. The van der Waals surface area contributed by atoms with Crippen molar-refractivity contribution in [2.45, 2.75) is 39.0 Å². The van der Waals surface area contributed by atoms with E-state index in [0.717, 1.165) is 35.4 Å². The molecular formula is C21H23NO3. The molecule has 3 rings (SSSR count). The summed E-state index contributed by atoms with van der Waals surface area (Å²) in [6.07, 6.45) is 3.74. The molecule has 0 radical (unpaired) electrons. The Morgan fingerprint density at radius 1 is 1.28 bits per heavy atom. The van der Waals surface area contributed by atoms with Gasteiger partial charge in [0.2, 0.25) is 0 Å². The van der Waals surface area contributed by atoms with Gasteiger partial charge >= 0.3 is 5.97 Å². The maximum Gasteiger partial charge on any atom is 0.337 e. The van der Waals surface area contributed by atoms with Crippen molar-refractivity contribution in [2.24, 2.45) is 0 Å². The molecular weight excluding hydrogens is 314 g/mol. The van der Waals surface area contributed by atoms with Crippen LogP contribution in [0.5, 0.6) is 0 Å². The van der Waals surface area contributed by atoms with Gasteiger partial charge in [-0.05, 0) is 32.3 Å². The highest BCUT2D eigenvalue weighted by Crippen LogP contribution is 2.42. The maximum atomic E-state index is 12.7. The largest absolute Gasteiger partial charge is 0.458 e. The van der Waals surface area contributed by atoms with E-state index in [2.05, 4.69) is 11.9 Å². The molecule has 0 fully saturated rings. The van der Waals surface area contributed by atoms with Gasteiger partial charge in [-0.3, -0.25) is 4.79 Å². The van der Waals surface area contributed by atoms with Gasteiger partial charge in [-0.15, -0.1) is 0 Å². The van der Waals surface area contributed by atoms with Crippen LogP contribution in [-0.4, -0.2) is 18.4 Å². The number of allylic oxidation sites excluding steroid dienone is 3. The van der Waals surface area contributed by atoms with Crippen LogP contribution in [0.4, 0.5) is 0 Å². The number of nitrogens with one attached hydrogen (secondary N) is 1. The number of dihydropyridines is 1. The Bertz CT molecular complexity index is 784. The van der Waals surface area contributed by atoms with Gasteiger partial charge in [0.15, 0.2) is 5.78 Å². The van der Waals surface area contributed by atoms with Crippen LogP contribution in [0.15, 0.2) is 59.5 Å². The third kappa shape index (κ3) is 3.29. The molecule has 130 valence electrons. The molecule has 2 aliphatic rings. The van der Waals surface area contributed by atoms with E-state index in [1.807, 2.05) is 38.1 Å². The Hall–Kier alpha value is -2.62. The number of carbonyl (C=O) groups excluding carboxylic acids is 2. The van der Waals surface area contributed by atoms with Crippen LogP contribution in [0.1, 0.15) is 43.2 Å². The van der Waals surface area contributed by atoms with Crippen molar-refractivity contribution >= 4 is 11.8 Å². The highest BCUT2D eigenvalue weighted by molar-refractivity contribution is 6.03. The number of ether oxygens (including phenoxy) is 1. The number of Topliss-reactive ketones (excluding diaryl/α,β-unsaturated/α-hetero) is 1. The second-order valence-corrected chi connectivity index (χ2v) is 6.56. The van der Waals surface area contributed by atoms with Crippen LogP contribution in [0.2, 0.25) is 0 Å². The van der Waals surface area contributed by atoms with Crippen LogP contribution in [0.25, 0.3) is 0 Å². The molecule has 1 N–H and O–H groups in total. The SMILES string of the molecule is C=CCOC(=O)C1=C(C)NC2=C(C(=O)CCC2)[C@@H]1c1ccc(C)cc1. The molecule has 0 saturated heterocycles. The molecule has 0 bridgehead atoms. The van der Waals surface area contributed by atoms with Crippen LogP contribution in [-0.2, 0) is 14.3 Å². The van der Waals surface area contributed by atoms with Crippen LogP contribution >= 0.6 is 0 Å². The smallest absolute Gasteiger partial charge is 0.337 e.